The lowest BCUT2D eigenvalue weighted by atomic mass is 9.95. The zero-order chi connectivity index (χ0) is 37.4. The number of alkyl halides is 3. The van der Waals surface area contributed by atoms with Crippen LogP contribution in [0.1, 0.15) is 64.6 Å². The quantitative estimate of drug-likeness (QED) is 0.277. The maximum atomic E-state index is 14.6. The third-order valence-corrected chi connectivity index (χ3v) is 9.14. The molecule has 4 aliphatic rings. The van der Waals surface area contributed by atoms with Crippen LogP contribution in [0.3, 0.4) is 0 Å². The number of halogens is 3. The summed E-state index contributed by atoms with van der Waals surface area (Å²) >= 11 is 0. The molecular weight excluding hydrogens is 669 g/mol. The maximum absolute atomic E-state index is 14.6. The van der Waals surface area contributed by atoms with Gasteiger partial charge in [0.1, 0.15) is 0 Å². The summed E-state index contributed by atoms with van der Waals surface area (Å²) in [7, 11) is 2.58. The second kappa shape index (κ2) is 14.4. The molecule has 11 nitrogen and oxygen atoms in total. The van der Waals surface area contributed by atoms with E-state index in [1.54, 1.807) is 26.0 Å². The van der Waals surface area contributed by atoms with E-state index in [1.807, 2.05) is 6.92 Å². The molecular formula is C37H37F3N4O7. The second-order valence-corrected chi connectivity index (χ2v) is 12.3. The number of nitrogens with zero attached hydrogens (tertiary/aromatic N) is 3. The van der Waals surface area contributed by atoms with Crippen LogP contribution in [-0.2, 0) is 28.6 Å². The van der Waals surface area contributed by atoms with E-state index in [-0.39, 0.29) is 53.9 Å². The second-order valence-electron chi connectivity index (χ2n) is 12.3. The number of rotatable bonds is 8. The fourth-order valence-electron chi connectivity index (χ4n) is 6.32. The molecule has 0 amide bonds. The summed E-state index contributed by atoms with van der Waals surface area (Å²) in [5.74, 6) is -2.01. The number of hydrogen-bond acceptors (Lipinski definition) is 10. The molecule has 0 aromatic carbocycles. The van der Waals surface area contributed by atoms with E-state index in [9.17, 15) is 32.7 Å². The number of aliphatic hydroxyl groups is 1. The average Bonchev–Trinajstić information content (AvgIpc) is 3.73. The van der Waals surface area contributed by atoms with Gasteiger partial charge in [-0.1, -0.05) is 0 Å². The van der Waals surface area contributed by atoms with Crippen molar-refractivity contribution in [2.24, 2.45) is 15.0 Å². The van der Waals surface area contributed by atoms with Crippen molar-refractivity contribution in [3.8, 4) is 0 Å². The van der Waals surface area contributed by atoms with Crippen LogP contribution in [0, 0.1) is 6.92 Å². The van der Waals surface area contributed by atoms with Crippen molar-refractivity contribution in [3.63, 3.8) is 0 Å². The zero-order valence-electron chi connectivity index (χ0n) is 29.2. The predicted octanol–water partition coefficient (Wildman–Crippen LogP) is 5.24. The summed E-state index contributed by atoms with van der Waals surface area (Å²) in [6.45, 7) is 7.73. The number of carbonyl (C=O) groups excluding carboxylic acids is 3. The van der Waals surface area contributed by atoms with Gasteiger partial charge in [0, 0.05) is 36.3 Å². The van der Waals surface area contributed by atoms with Crippen molar-refractivity contribution in [2.45, 2.75) is 72.6 Å². The third-order valence-electron chi connectivity index (χ3n) is 9.14. The van der Waals surface area contributed by atoms with Gasteiger partial charge in [-0.25, -0.2) is 15.0 Å². The lowest BCUT2D eigenvalue weighted by Crippen LogP contribution is -2.36. The molecule has 5 heterocycles. The van der Waals surface area contributed by atoms with Crippen LogP contribution in [0.4, 0.5) is 13.2 Å². The van der Waals surface area contributed by atoms with E-state index in [0.29, 0.717) is 50.1 Å². The molecule has 5 rings (SSSR count). The first-order valence-electron chi connectivity index (χ1n) is 16.0. The molecule has 0 radical (unpaired) electrons. The molecule has 51 heavy (non-hydrogen) atoms. The Morgan fingerprint density at radius 2 is 1.37 bits per heavy atom. The monoisotopic (exact) mass is 706 g/mol. The van der Waals surface area contributed by atoms with Gasteiger partial charge in [0.2, 0.25) is 6.10 Å². The predicted molar refractivity (Wildman–Crippen MR) is 185 cm³/mol. The van der Waals surface area contributed by atoms with Gasteiger partial charge in [-0.15, -0.1) is 0 Å². The van der Waals surface area contributed by atoms with Gasteiger partial charge in [0.05, 0.1) is 60.1 Å². The number of nitrogens with one attached hydrogen (secondary N) is 1. The molecule has 8 bridgehead atoms. The van der Waals surface area contributed by atoms with Gasteiger partial charge in [-0.3, -0.25) is 14.4 Å². The largest absolute Gasteiger partial charge is 0.515 e. The lowest BCUT2D eigenvalue weighted by molar-refractivity contribution is -0.209. The standard InChI is InChI=1S/C37H37F3N4O7/c1-17-22(8-10-33(47)49-6)29-15-30-23(9-11-34(48)50-7)18(2)27(42-30)14-32-35(36(37(38,39)40)51-21(5)46)20(4)28(44-32)13-31-24(16-45)19(3)26(43-31)12-25(17)41-29/h12-16,36,43,45H,8-11H2,1-7H3. The average molecular weight is 707 g/mol. The number of carbonyl (C=O) groups is 3. The molecule has 0 saturated heterocycles. The van der Waals surface area contributed by atoms with Gasteiger partial charge in [0.25, 0.3) is 0 Å². The summed E-state index contributed by atoms with van der Waals surface area (Å²) in [5.41, 5.74) is 5.45. The summed E-state index contributed by atoms with van der Waals surface area (Å²) in [4.78, 5) is 53.9. The molecule has 0 spiro atoms. The van der Waals surface area contributed by atoms with Gasteiger partial charge in [-0.2, -0.15) is 13.2 Å². The summed E-state index contributed by atoms with van der Waals surface area (Å²) in [6, 6.07) is 0. The van der Waals surface area contributed by atoms with Crippen molar-refractivity contribution in [3.05, 3.63) is 84.5 Å². The molecule has 0 fully saturated rings. The van der Waals surface area contributed by atoms with E-state index in [4.69, 9.17) is 24.2 Å². The topological polar surface area (TPSA) is 152 Å². The Morgan fingerprint density at radius 3 is 1.96 bits per heavy atom. The molecule has 2 N–H and O–H groups in total. The number of aromatic amines is 1. The minimum Gasteiger partial charge on any atom is -0.515 e. The minimum absolute atomic E-state index is 0.00409. The first-order valence-corrected chi connectivity index (χ1v) is 16.0. The molecule has 1 aromatic rings. The molecule has 268 valence electrons. The Kier molecular flexibility index (Phi) is 10.4. The van der Waals surface area contributed by atoms with E-state index in [1.165, 1.54) is 33.3 Å². The van der Waals surface area contributed by atoms with Crippen LogP contribution in [0.25, 0.3) is 18.4 Å². The molecule has 1 unspecified atom stereocenters. The Morgan fingerprint density at radius 1 is 0.804 bits per heavy atom. The Hall–Kier alpha value is -5.53. The maximum Gasteiger partial charge on any atom is 0.429 e. The van der Waals surface area contributed by atoms with E-state index in [0.717, 1.165) is 24.3 Å². The lowest BCUT2D eigenvalue weighted by Gasteiger charge is -2.22. The molecule has 1 aromatic heterocycles. The first kappa shape index (κ1) is 36.7. The van der Waals surface area contributed by atoms with E-state index < -0.39 is 30.2 Å². The number of allylic oxidation sites excluding steroid dienone is 7. The summed E-state index contributed by atoms with van der Waals surface area (Å²) in [6.07, 6.45) is 0.254. The number of aliphatic imine (C=N–C) groups is 3. The number of methoxy groups -OCH3 is 2. The Labute approximate surface area is 291 Å². The summed E-state index contributed by atoms with van der Waals surface area (Å²) in [5, 5.41) is 11.0. The molecule has 14 heteroatoms. The van der Waals surface area contributed by atoms with Crippen molar-refractivity contribution in [1.82, 2.24) is 4.98 Å². The summed E-state index contributed by atoms with van der Waals surface area (Å²) < 4.78 is 58.4. The number of fused-ring (bicyclic) bond motifs is 5. The number of hydrogen-bond donors (Lipinski definition) is 2. The van der Waals surface area contributed by atoms with Gasteiger partial charge >= 0.3 is 24.1 Å². The van der Waals surface area contributed by atoms with Gasteiger partial charge < -0.3 is 24.3 Å². The van der Waals surface area contributed by atoms with E-state index in [2.05, 4.69) is 9.98 Å². The van der Waals surface area contributed by atoms with E-state index >= 15 is 0 Å². The normalized spacial score (nSPS) is 18.1. The van der Waals surface area contributed by atoms with Gasteiger partial charge in [0.15, 0.2) is 0 Å². The number of esters is 3. The van der Waals surface area contributed by atoms with Crippen LogP contribution in [-0.4, -0.2) is 71.6 Å². The van der Waals surface area contributed by atoms with Crippen LogP contribution in [0.5, 0.6) is 0 Å². The fourth-order valence-corrected chi connectivity index (χ4v) is 6.32. The van der Waals surface area contributed by atoms with Crippen LogP contribution >= 0.6 is 0 Å². The number of aromatic nitrogens is 1. The molecule has 0 saturated carbocycles. The molecule has 1 atom stereocenters. The van der Waals surface area contributed by atoms with Crippen LogP contribution in [0.2, 0.25) is 0 Å². The highest BCUT2D eigenvalue weighted by Gasteiger charge is 2.48. The number of aliphatic hydroxyl groups excluding tert-OH is 1. The fraction of sp³-hybridized carbons (Fsp3) is 0.351. The smallest absolute Gasteiger partial charge is 0.429 e. The highest BCUT2D eigenvalue weighted by atomic mass is 19.4. The van der Waals surface area contributed by atoms with Crippen molar-refractivity contribution < 1.29 is 46.9 Å². The SMILES string of the molecule is COC(=O)CCC1=C(C)C2=NC1=CC1=NC(=Cc3[nH]c(c(=CO)c3C)=CC3=NC(=C2)C(C(OC(C)=O)C(F)(F)F)=C3C)C(C)=C1CCC(=O)OC. The van der Waals surface area contributed by atoms with Crippen LogP contribution in [0.15, 0.2) is 77.7 Å². The first-order chi connectivity index (χ1) is 24.1. The highest BCUT2D eigenvalue weighted by Crippen LogP contribution is 2.40. The van der Waals surface area contributed by atoms with Gasteiger partial charge in [-0.05, 0) is 98.3 Å². The van der Waals surface area contributed by atoms with Crippen LogP contribution < -0.4 is 10.6 Å². The van der Waals surface area contributed by atoms with Crippen molar-refractivity contribution in [1.29, 1.82) is 0 Å². The minimum atomic E-state index is -4.99. The van der Waals surface area contributed by atoms with Crippen molar-refractivity contribution in [2.75, 3.05) is 14.2 Å². The highest BCUT2D eigenvalue weighted by molar-refractivity contribution is 6.24. The molecule has 0 aliphatic carbocycles. The van der Waals surface area contributed by atoms with Crippen molar-refractivity contribution >= 4 is 53.5 Å². The Balaban J connectivity index is 1.84. The Bertz CT molecular complexity index is 2150. The zero-order valence-corrected chi connectivity index (χ0v) is 29.2. The number of H-pyrrole nitrogens is 1. The third kappa shape index (κ3) is 7.35. The number of ether oxygens (including phenoxy) is 3. The molecule has 4 aliphatic heterocycles.